The molecular weight excluding hydrogens is 461 g/mol. The zero-order chi connectivity index (χ0) is 26.6. The fraction of sp³-hybridized carbons (Fsp3) is 0.310. The van der Waals surface area contributed by atoms with E-state index in [1.165, 1.54) is 17.3 Å². The summed E-state index contributed by atoms with van der Waals surface area (Å²) in [6.07, 6.45) is -2.65. The zero-order valence-electron chi connectivity index (χ0n) is 21.4. The van der Waals surface area contributed by atoms with Crippen LogP contribution in [0.2, 0.25) is 0 Å². The van der Waals surface area contributed by atoms with Gasteiger partial charge in [-0.15, -0.1) is 0 Å². The molecule has 7 heteroatoms. The van der Waals surface area contributed by atoms with E-state index in [2.05, 4.69) is 87.5 Å². The summed E-state index contributed by atoms with van der Waals surface area (Å²) in [5, 5.41) is 9.46. The standard InChI is InChI=1S/C29H31F3N4/c1-27(2,3)17-7-9-24-20(13-17)21-14-18(28(4,5)6)8-10-25(21)36(24)19-11-12-35-23(15-19)22(33)16-26(34)29(30,31)32/h7-16,34H,33H2,1-6H3/b22-16-,34-26?. The molecule has 0 radical (unpaired) electrons. The van der Waals surface area contributed by atoms with Crippen molar-refractivity contribution in [3.63, 3.8) is 0 Å². The number of halogens is 3. The summed E-state index contributed by atoms with van der Waals surface area (Å²) in [6, 6.07) is 16.3. The fourth-order valence-corrected chi connectivity index (χ4v) is 4.26. The smallest absolute Gasteiger partial charge is 0.397 e. The fourth-order valence-electron chi connectivity index (χ4n) is 4.26. The molecule has 4 nitrogen and oxygen atoms in total. The van der Waals surface area contributed by atoms with Gasteiger partial charge in [0.15, 0.2) is 0 Å². The van der Waals surface area contributed by atoms with Crippen LogP contribution in [0.1, 0.15) is 58.4 Å². The molecule has 0 saturated carbocycles. The topological polar surface area (TPSA) is 67.7 Å². The number of hydrogen-bond acceptors (Lipinski definition) is 3. The molecule has 0 unspecified atom stereocenters. The molecule has 0 spiro atoms. The molecule has 0 aliphatic heterocycles. The quantitative estimate of drug-likeness (QED) is 0.288. The third-order valence-electron chi connectivity index (χ3n) is 6.40. The van der Waals surface area contributed by atoms with Crippen LogP contribution in [0.25, 0.3) is 33.2 Å². The lowest BCUT2D eigenvalue weighted by molar-refractivity contribution is -0.0583. The van der Waals surface area contributed by atoms with E-state index in [4.69, 9.17) is 11.1 Å². The number of rotatable bonds is 3. The molecule has 4 rings (SSSR count). The van der Waals surface area contributed by atoms with E-state index < -0.39 is 11.9 Å². The maximum absolute atomic E-state index is 12.9. The van der Waals surface area contributed by atoms with Gasteiger partial charge in [-0.1, -0.05) is 53.7 Å². The Labute approximate surface area is 209 Å². The van der Waals surface area contributed by atoms with Crippen molar-refractivity contribution in [1.82, 2.24) is 9.55 Å². The van der Waals surface area contributed by atoms with Crippen molar-refractivity contribution < 1.29 is 13.2 Å². The van der Waals surface area contributed by atoms with E-state index >= 15 is 0 Å². The molecule has 0 amide bonds. The van der Waals surface area contributed by atoms with Crippen LogP contribution in [0.3, 0.4) is 0 Å². The van der Waals surface area contributed by atoms with Crippen molar-refractivity contribution in [3.05, 3.63) is 77.6 Å². The minimum atomic E-state index is -4.77. The Hall–Kier alpha value is -3.61. The summed E-state index contributed by atoms with van der Waals surface area (Å²) >= 11 is 0. The number of nitrogens with two attached hydrogens (primary N) is 1. The molecule has 0 bridgehead atoms. The Morgan fingerprint density at radius 3 is 1.78 bits per heavy atom. The number of alkyl halides is 3. The number of fused-ring (bicyclic) bond motifs is 3. The molecule has 2 heterocycles. The molecule has 2 aromatic heterocycles. The first-order chi connectivity index (χ1) is 16.6. The van der Waals surface area contributed by atoms with Crippen molar-refractivity contribution in [2.24, 2.45) is 5.73 Å². The van der Waals surface area contributed by atoms with Gasteiger partial charge in [0.1, 0.15) is 5.71 Å². The van der Waals surface area contributed by atoms with Gasteiger partial charge in [0.2, 0.25) is 0 Å². The molecule has 188 valence electrons. The molecule has 0 saturated heterocycles. The van der Waals surface area contributed by atoms with Crippen molar-refractivity contribution >= 4 is 33.2 Å². The maximum Gasteiger partial charge on any atom is 0.432 e. The Bertz CT molecular complexity index is 1440. The summed E-state index contributed by atoms with van der Waals surface area (Å²) in [4.78, 5) is 4.17. The first-order valence-corrected chi connectivity index (χ1v) is 11.8. The van der Waals surface area contributed by atoms with Gasteiger partial charge in [-0.25, -0.2) is 0 Å². The van der Waals surface area contributed by atoms with Gasteiger partial charge in [-0.3, -0.25) is 10.4 Å². The van der Waals surface area contributed by atoms with Crippen molar-refractivity contribution in [3.8, 4) is 5.69 Å². The van der Waals surface area contributed by atoms with Crippen LogP contribution < -0.4 is 5.73 Å². The molecule has 0 atom stereocenters. The second kappa shape index (κ2) is 8.50. The highest BCUT2D eigenvalue weighted by Crippen LogP contribution is 2.37. The number of benzene rings is 2. The Balaban J connectivity index is 1.98. The summed E-state index contributed by atoms with van der Waals surface area (Å²) in [5.74, 6) is 0. The van der Waals surface area contributed by atoms with Gasteiger partial charge in [0, 0.05) is 22.7 Å². The SMILES string of the molecule is CC(C)(C)c1ccc2c(c1)c1cc(C(C)(C)C)ccc1n2-c1ccnc(/C(N)=C/C(=N)C(F)(F)F)c1. The minimum absolute atomic E-state index is 0.0315. The van der Waals surface area contributed by atoms with Crippen molar-refractivity contribution in [2.45, 2.75) is 58.5 Å². The van der Waals surface area contributed by atoms with E-state index in [-0.39, 0.29) is 22.2 Å². The summed E-state index contributed by atoms with van der Waals surface area (Å²) < 4.78 is 40.7. The molecule has 3 N–H and O–H groups in total. The van der Waals surface area contributed by atoms with Crippen LogP contribution in [0.4, 0.5) is 13.2 Å². The van der Waals surface area contributed by atoms with Crippen LogP contribution in [-0.2, 0) is 10.8 Å². The molecule has 0 aliphatic carbocycles. The Morgan fingerprint density at radius 2 is 1.33 bits per heavy atom. The molecule has 2 aromatic carbocycles. The van der Waals surface area contributed by atoms with Crippen LogP contribution in [0.5, 0.6) is 0 Å². The Kier molecular flexibility index (Phi) is 6.02. The minimum Gasteiger partial charge on any atom is -0.397 e. The third kappa shape index (κ3) is 4.74. The number of nitrogens with one attached hydrogen (secondary N) is 1. The van der Waals surface area contributed by atoms with Gasteiger partial charge in [-0.05, 0) is 64.4 Å². The van der Waals surface area contributed by atoms with Gasteiger partial charge < -0.3 is 10.3 Å². The monoisotopic (exact) mass is 492 g/mol. The van der Waals surface area contributed by atoms with Crippen LogP contribution in [0, 0.1) is 5.41 Å². The summed E-state index contributed by atoms with van der Waals surface area (Å²) in [5.41, 5.74) is 9.40. The zero-order valence-corrected chi connectivity index (χ0v) is 21.4. The highest BCUT2D eigenvalue weighted by molar-refractivity contribution is 6.10. The average molecular weight is 493 g/mol. The number of pyridine rings is 1. The first kappa shape index (κ1) is 25.5. The molecular formula is C29H31F3N4. The highest BCUT2D eigenvalue weighted by Gasteiger charge is 2.33. The molecule has 4 aromatic rings. The predicted molar refractivity (Wildman–Crippen MR) is 142 cm³/mol. The second-order valence-electron chi connectivity index (χ2n) is 11.2. The number of hydrogen-bond donors (Lipinski definition) is 2. The van der Waals surface area contributed by atoms with Crippen LogP contribution in [0.15, 0.2) is 60.8 Å². The summed E-state index contributed by atoms with van der Waals surface area (Å²) in [6.45, 7) is 13.1. The number of allylic oxidation sites excluding steroid dienone is 1. The second-order valence-corrected chi connectivity index (χ2v) is 11.2. The lowest BCUT2D eigenvalue weighted by atomic mass is 9.85. The molecule has 0 aliphatic rings. The molecule has 36 heavy (non-hydrogen) atoms. The van der Waals surface area contributed by atoms with E-state index in [0.717, 1.165) is 27.5 Å². The third-order valence-corrected chi connectivity index (χ3v) is 6.40. The van der Waals surface area contributed by atoms with Gasteiger partial charge in [-0.2, -0.15) is 13.2 Å². The van der Waals surface area contributed by atoms with Gasteiger partial charge in [0.25, 0.3) is 0 Å². The largest absolute Gasteiger partial charge is 0.432 e. The van der Waals surface area contributed by atoms with E-state index in [9.17, 15) is 13.2 Å². The lowest BCUT2D eigenvalue weighted by Crippen LogP contribution is -2.20. The van der Waals surface area contributed by atoms with Gasteiger partial charge in [0.05, 0.1) is 22.4 Å². The van der Waals surface area contributed by atoms with Crippen LogP contribution in [-0.4, -0.2) is 21.4 Å². The van der Waals surface area contributed by atoms with E-state index in [1.807, 2.05) is 0 Å². The van der Waals surface area contributed by atoms with Crippen molar-refractivity contribution in [1.29, 1.82) is 5.41 Å². The normalized spacial score (nSPS) is 13.5. The maximum atomic E-state index is 12.9. The first-order valence-electron chi connectivity index (χ1n) is 11.8. The van der Waals surface area contributed by atoms with Crippen LogP contribution >= 0.6 is 0 Å². The van der Waals surface area contributed by atoms with Crippen molar-refractivity contribution in [2.75, 3.05) is 0 Å². The molecule has 0 fully saturated rings. The predicted octanol–water partition coefficient (Wildman–Crippen LogP) is 7.66. The number of nitrogens with zero attached hydrogens (tertiary/aromatic N) is 2. The highest BCUT2D eigenvalue weighted by atomic mass is 19.4. The Morgan fingerprint density at radius 1 is 0.833 bits per heavy atom. The van der Waals surface area contributed by atoms with E-state index in [1.54, 1.807) is 12.1 Å². The average Bonchev–Trinajstić information content (AvgIpc) is 3.10. The summed E-state index contributed by atoms with van der Waals surface area (Å²) in [7, 11) is 0. The van der Waals surface area contributed by atoms with E-state index in [0.29, 0.717) is 6.08 Å². The lowest BCUT2D eigenvalue weighted by Gasteiger charge is -2.19. The number of aromatic nitrogens is 2. The van der Waals surface area contributed by atoms with Gasteiger partial charge >= 0.3 is 6.18 Å².